The number of hydrogen-bond donors (Lipinski definition) is 0. The second kappa shape index (κ2) is 7.17. The number of rotatable bonds is 6. The molecule has 1 rings (SSSR count). The van der Waals surface area contributed by atoms with Gasteiger partial charge in [-0.2, -0.15) is 0 Å². The normalized spacial score (nSPS) is 28.5. The molecule has 0 radical (unpaired) electrons. The van der Waals surface area contributed by atoms with Gasteiger partial charge in [-0.15, -0.1) is 0 Å². The highest BCUT2D eigenvalue weighted by molar-refractivity contribution is 4.84. The summed E-state index contributed by atoms with van der Waals surface area (Å²) in [7, 11) is 0. The van der Waals surface area contributed by atoms with E-state index in [4.69, 9.17) is 0 Å². The maximum atomic E-state index is 12.2. The van der Waals surface area contributed by atoms with Gasteiger partial charge in [0.25, 0.3) is 0 Å². The first-order valence-electron chi connectivity index (χ1n) is 6.29. The first-order chi connectivity index (χ1) is 7.69. The van der Waals surface area contributed by atoms with Crippen LogP contribution in [0.4, 0.5) is 8.78 Å². The van der Waals surface area contributed by atoms with E-state index in [-0.39, 0.29) is 13.3 Å². The van der Waals surface area contributed by atoms with Crippen LogP contribution in [0.15, 0.2) is 0 Å². The Bertz CT molecular complexity index is 178. The molecule has 1 heterocycles. The minimum atomic E-state index is -0.235. The van der Waals surface area contributed by atoms with Gasteiger partial charge in [-0.05, 0) is 26.7 Å². The smallest absolute Gasteiger partial charge is 0.0906 e. The summed E-state index contributed by atoms with van der Waals surface area (Å²) in [6.45, 7) is 7.55. The highest BCUT2D eigenvalue weighted by Gasteiger charge is 2.28. The van der Waals surface area contributed by atoms with Crippen LogP contribution >= 0.6 is 0 Å². The Kier molecular flexibility index (Phi) is 6.21. The zero-order valence-electron chi connectivity index (χ0n) is 10.5. The SMILES string of the molecule is C[C@@H]1CN(CCCF)C[C@H](C)N1CCCF. The van der Waals surface area contributed by atoms with Crippen molar-refractivity contribution in [1.29, 1.82) is 0 Å². The lowest BCUT2D eigenvalue weighted by molar-refractivity contribution is 0.0357. The molecule has 0 spiro atoms. The zero-order chi connectivity index (χ0) is 12.0. The summed E-state index contributed by atoms with van der Waals surface area (Å²) in [5.41, 5.74) is 0. The largest absolute Gasteiger partial charge is 0.300 e. The van der Waals surface area contributed by atoms with Crippen LogP contribution in [-0.2, 0) is 0 Å². The van der Waals surface area contributed by atoms with Crippen LogP contribution in [0.1, 0.15) is 26.7 Å². The molecule has 16 heavy (non-hydrogen) atoms. The number of alkyl halides is 2. The molecular formula is C12H24F2N2. The average Bonchev–Trinajstić information content (AvgIpc) is 2.25. The number of piperazine rings is 1. The van der Waals surface area contributed by atoms with Crippen LogP contribution in [0.3, 0.4) is 0 Å². The van der Waals surface area contributed by atoms with Crippen LogP contribution in [0.5, 0.6) is 0 Å². The summed E-state index contributed by atoms with van der Waals surface area (Å²) < 4.78 is 24.3. The summed E-state index contributed by atoms with van der Waals surface area (Å²) in [6, 6.07) is 0.907. The number of hydrogen-bond acceptors (Lipinski definition) is 2. The lowest BCUT2D eigenvalue weighted by atomic mass is 10.1. The van der Waals surface area contributed by atoms with E-state index in [2.05, 4.69) is 23.6 Å². The average molecular weight is 234 g/mol. The summed E-state index contributed by atoms with van der Waals surface area (Å²) >= 11 is 0. The molecule has 0 aromatic heterocycles. The third-order valence-electron chi connectivity index (χ3n) is 3.34. The maximum Gasteiger partial charge on any atom is 0.0906 e. The second-order valence-corrected chi connectivity index (χ2v) is 4.78. The summed E-state index contributed by atoms with van der Waals surface area (Å²) in [5, 5.41) is 0. The van der Waals surface area contributed by atoms with Gasteiger partial charge in [0, 0.05) is 38.3 Å². The lowest BCUT2D eigenvalue weighted by Gasteiger charge is -2.44. The topological polar surface area (TPSA) is 6.48 Å². The fraction of sp³-hybridized carbons (Fsp3) is 1.00. The molecule has 0 saturated carbocycles. The van der Waals surface area contributed by atoms with E-state index in [9.17, 15) is 8.78 Å². The van der Waals surface area contributed by atoms with E-state index < -0.39 is 0 Å². The highest BCUT2D eigenvalue weighted by atomic mass is 19.1. The summed E-state index contributed by atoms with van der Waals surface area (Å²) in [5.74, 6) is 0. The molecule has 96 valence electrons. The summed E-state index contributed by atoms with van der Waals surface area (Å²) in [6.07, 6.45) is 1.25. The molecule has 0 bridgehead atoms. The van der Waals surface area contributed by atoms with Crippen molar-refractivity contribution in [2.75, 3.05) is 39.5 Å². The Balaban J connectivity index is 2.37. The van der Waals surface area contributed by atoms with E-state index in [1.54, 1.807) is 0 Å². The molecule has 2 atom stereocenters. The van der Waals surface area contributed by atoms with Crippen LogP contribution in [0.2, 0.25) is 0 Å². The van der Waals surface area contributed by atoms with Gasteiger partial charge in [0.05, 0.1) is 13.3 Å². The molecule has 1 aliphatic heterocycles. The van der Waals surface area contributed by atoms with Gasteiger partial charge in [-0.3, -0.25) is 13.7 Å². The molecule has 4 heteroatoms. The minimum absolute atomic E-state index is 0.231. The third kappa shape index (κ3) is 3.98. The van der Waals surface area contributed by atoms with Crippen LogP contribution in [0, 0.1) is 0 Å². The van der Waals surface area contributed by atoms with Gasteiger partial charge in [-0.1, -0.05) is 0 Å². The Morgan fingerprint density at radius 1 is 0.938 bits per heavy atom. The van der Waals surface area contributed by atoms with Gasteiger partial charge >= 0.3 is 0 Å². The van der Waals surface area contributed by atoms with Gasteiger partial charge in [-0.25, -0.2) is 0 Å². The van der Waals surface area contributed by atoms with Crippen molar-refractivity contribution >= 4 is 0 Å². The first-order valence-corrected chi connectivity index (χ1v) is 6.29. The molecule has 0 aliphatic carbocycles. The standard InChI is InChI=1S/C12H24F2N2/c1-11-9-15(7-3-5-13)10-12(2)16(11)8-4-6-14/h11-12H,3-10H2,1-2H3/t11-,12+. The molecule has 0 N–H and O–H groups in total. The molecule has 0 amide bonds. The molecule has 0 unspecified atom stereocenters. The third-order valence-corrected chi connectivity index (χ3v) is 3.34. The van der Waals surface area contributed by atoms with E-state index in [0.717, 1.165) is 26.2 Å². The van der Waals surface area contributed by atoms with Crippen molar-refractivity contribution in [3.63, 3.8) is 0 Å². The maximum absolute atomic E-state index is 12.2. The van der Waals surface area contributed by atoms with Crippen molar-refractivity contribution in [3.8, 4) is 0 Å². The van der Waals surface area contributed by atoms with Gasteiger partial charge in [0.2, 0.25) is 0 Å². The Morgan fingerprint density at radius 3 is 1.94 bits per heavy atom. The van der Waals surface area contributed by atoms with E-state index in [1.165, 1.54) is 0 Å². The predicted molar refractivity (Wildman–Crippen MR) is 63.3 cm³/mol. The van der Waals surface area contributed by atoms with Gasteiger partial charge in [0.15, 0.2) is 0 Å². The molecule has 0 aromatic rings. The van der Waals surface area contributed by atoms with Gasteiger partial charge in [0.1, 0.15) is 0 Å². The monoisotopic (exact) mass is 234 g/mol. The van der Waals surface area contributed by atoms with Crippen LogP contribution in [-0.4, -0.2) is 61.4 Å². The first kappa shape index (κ1) is 13.8. The van der Waals surface area contributed by atoms with Crippen LogP contribution < -0.4 is 0 Å². The van der Waals surface area contributed by atoms with Crippen molar-refractivity contribution < 1.29 is 8.78 Å². The minimum Gasteiger partial charge on any atom is -0.300 e. The summed E-state index contributed by atoms with van der Waals surface area (Å²) in [4.78, 5) is 4.69. The fourth-order valence-corrected chi connectivity index (χ4v) is 2.62. The van der Waals surface area contributed by atoms with E-state index in [0.29, 0.717) is 24.9 Å². The molecule has 1 saturated heterocycles. The van der Waals surface area contributed by atoms with E-state index >= 15 is 0 Å². The van der Waals surface area contributed by atoms with Crippen molar-refractivity contribution in [2.45, 2.75) is 38.8 Å². The second-order valence-electron chi connectivity index (χ2n) is 4.78. The van der Waals surface area contributed by atoms with E-state index in [1.807, 2.05) is 0 Å². The van der Waals surface area contributed by atoms with Gasteiger partial charge < -0.3 is 4.90 Å². The number of halogens is 2. The molecule has 0 aromatic carbocycles. The van der Waals surface area contributed by atoms with Crippen LogP contribution in [0.25, 0.3) is 0 Å². The van der Waals surface area contributed by atoms with Crippen molar-refractivity contribution in [3.05, 3.63) is 0 Å². The molecular weight excluding hydrogens is 210 g/mol. The fourth-order valence-electron chi connectivity index (χ4n) is 2.62. The Morgan fingerprint density at radius 2 is 1.44 bits per heavy atom. The Labute approximate surface area is 97.6 Å². The molecule has 1 fully saturated rings. The predicted octanol–water partition coefficient (Wildman–Crippen LogP) is 2.10. The highest BCUT2D eigenvalue weighted by Crippen LogP contribution is 2.16. The van der Waals surface area contributed by atoms with Crippen molar-refractivity contribution in [1.82, 2.24) is 9.80 Å². The molecule has 2 nitrogen and oxygen atoms in total. The number of nitrogens with zero attached hydrogens (tertiary/aromatic N) is 2. The quantitative estimate of drug-likeness (QED) is 0.694. The zero-order valence-corrected chi connectivity index (χ0v) is 10.5. The lowest BCUT2D eigenvalue weighted by Crippen LogP contribution is -2.56. The Hall–Kier alpha value is -0.220. The molecule has 1 aliphatic rings. The van der Waals surface area contributed by atoms with Crippen molar-refractivity contribution in [2.24, 2.45) is 0 Å².